The number of nitrogens with two attached hydrogens (primary N) is 1. The van der Waals surface area contributed by atoms with Gasteiger partial charge in [-0.25, -0.2) is 0 Å². The smallest absolute Gasteiger partial charge is 0.216 e. The Balaban J connectivity index is 3.33. The van der Waals surface area contributed by atoms with E-state index in [1.54, 1.807) is 6.29 Å². The summed E-state index contributed by atoms with van der Waals surface area (Å²) in [4.78, 5) is 9.70. The first-order valence-corrected chi connectivity index (χ1v) is 2.31. The van der Waals surface area contributed by atoms with E-state index < -0.39 is 6.04 Å². The molecule has 0 bridgehead atoms. The quantitative estimate of drug-likeness (QED) is 0.534. The maximum Gasteiger partial charge on any atom is 0.216 e. The third kappa shape index (κ3) is 2.34. The molecule has 0 saturated carbocycles. The van der Waals surface area contributed by atoms with Crippen LogP contribution in [-0.2, 0) is 4.79 Å². The van der Waals surface area contributed by atoms with Gasteiger partial charge in [0.05, 0.1) is 6.04 Å². The third-order valence-corrected chi connectivity index (χ3v) is 0.854. The minimum absolute atomic E-state index is 0.220. The molecule has 0 rings (SSSR count). The van der Waals surface area contributed by atoms with E-state index in [1.165, 1.54) is 0 Å². The number of hydrogen-bond acceptors (Lipinski definition) is 2. The van der Waals surface area contributed by atoms with Crippen LogP contribution in [0.4, 0.5) is 0 Å². The largest absolute Gasteiger partial charge is 0.321 e. The van der Waals surface area contributed by atoms with Crippen LogP contribution in [0.15, 0.2) is 0 Å². The fourth-order valence-corrected chi connectivity index (χ4v) is 0.136. The molecule has 0 aromatic heterocycles. The summed E-state index contributed by atoms with van der Waals surface area (Å²) in [5.74, 6) is 0.220. The van der Waals surface area contributed by atoms with Gasteiger partial charge in [-0.2, -0.15) is 0 Å². The topological polar surface area (TPSA) is 43.1 Å². The van der Waals surface area contributed by atoms with E-state index in [-0.39, 0.29) is 5.92 Å². The molecule has 0 aliphatic rings. The number of rotatable bonds is 2. The van der Waals surface area contributed by atoms with Gasteiger partial charge < -0.3 is 5.73 Å². The van der Waals surface area contributed by atoms with E-state index in [1.807, 2.05) is 13.8 Å². The highest BCUT2D eigenvalue weighted by molar-refractivity contribution is 5.58. The molecule has 1 radical (unpaired) electrons. The van der Waals surface area contributed by atoms with Crippen molar-refractivity contribution in [2.75, 3.05) is 0 Å². The standard InChI is InChI=1S/C5H10NO/c1-4(2)5(6)3-7/h4-5H,6H2,1-2H3. The van der Waals surface area contributed by atoms with Gasteiger partial charge in [0.2, 0.25) is 6.29 Å². The summed E-state index contributed by atoms with van der Waals surface area (Å²) in [7, 11) is 0. The van der Waals surface area contributed by atoms with Gasteiger partial charge in [0, 0.05) is 0 Å². The van der Waals surface area contributed by atoms with E-state index in [4.69, 9.17) is 5.73 Å². The van der Waals surface area contributed by atoms with E-state index in [9.17, 15) is 4.79 Å². The zero-order valence-electron chi connectivity index (χ0n) is 4.64. The predicted octanol–water partition coefficient (Wildman–Crippen LogP) is 0.0794. The van der Waals surface area contributed by atoms with Gasteiger partial charge in [0.15, 0.2) is 0 Å². The number of hydrogen-bond donors (Lipinski definition) is 1. The molecule has 0 aliphatic carbocycles. The van der Waals surface area contributed by atoms with Crippen LogP contribution in [0, 0.1) is 5.92 Å². The van der Waals surface area contributed by atoms with Gasteiger partial charge in [-0.1, -0.05) is 13.8 Å². The summed E-state index contributed by atoms with van der Waals surface area (Å²) in [5, 5.41) is 0. The highest BCUT2D eigenvalue weighted by Gasteiger charge is 2.03. The molecule has 41 valence electrons. The molecule has 2 N–H and O–H groups in total. The average Bonchev–Trinajstić information content (AvgIpc) is 1.65. The minimum Gasteiger partial charge on any atom is -0.321 e. The van der Waals surface area contributed by atoms with Crippen molar-refractivity contribution in [3.63, 3.8) is 0 Å². The summed E-state index contributed by atoms with van der Waals surface area (Å²) in [5.41, 5.74) is 5.19. The fourth-order valence-electron chi connectivity index (χ4n) is 0.136. The molecule has 1 atom stereocenters. The van der Waals surface area contributed by atoms with Crippen molar-refractivity contribution in [1.82, 2.24) is 0 Å². The SMILES string of the molecule is CC(C)C(N)[C]=O. The second-order valence-corrected chi connectivity index (χ2v) is 1.89. The minimum atomic E-state index is -0.403. The lowest BCUT2D eigenvalue weighted by atomic mass is 10.1. The summed E-state index contributed by atoms with van der Waals surface area (Å²) >= 11 is 0. The summed E-state index contributed by atoms with van der Waals surface area (Å²) in [6, 6.07) is -0.403. The molecule has 2 heteroatoms. The Morgan fingerprint density at radius 2 is 2.00 bits per heavy atom. The summed E-state index contributed by atoms with van der Waals surface area (Å²) in [6.45, 7) is 3.77. The molecular formula is C5H10NO. The Morgan fingerprint density at radius 3 is 2.00 bits per heavy atom. The zero-order valence-corrected chi connectivity index (χ0v) is 4.64. The Labute approximate surface area is 43.7 Å². The number of carbonyl (C=O) groups excluding carboxylic acids is 1. The van der Waals surface area contributed by atoms with E-state index in [0.29, 0.717) is 0 Å². The van der Waals surface area contributed by atoms with Crippen molar-refractivity contribution in [1.29, 1.82) is 0 Å². The Kier molecular flexibility index (Phi) is 2.60. The first-order valence-electron chi connectivity index (χ1n) is 2.31. The Morgan fingerprint density at radius 1 is 1.57 bits per heavy atom. The molecule has 0 heterocycles. The van der Waals surface area contributed by atoms with Gasteiger partial charge >= 0.3 is 0 Å². The maximum absolute atomic E-state index is 9.70. The van der Waals surface area contributed by atoms with Crippen molar-refractivity contribution < 1.29 is 4.79 Å². The lowest BCUT2D eigenvalue weighted by molar-refractivity contribution is 0.506. The molecular weight excluding hydrogens is 90.1 g/mol. The average molecular weight is 100 g/mol. The van der Waals surface area contributed by atoms with E-state index in [0.717, 1.165) is 0 Å². The van der Waals surface area contributed by atoms with E-state index >= 15 is 0 Å². The van der Waals surface area contributed by atoms with Crippen LogP contribution in [0.3, 0.4) is 0 Å². The lowest BCUT2D eigenvalue weighted by Gasteiger charge is -2.03. The van der Waals surface area contributed by atoms with Crippen LogP contribution < -0.4 is 5.73 Å². The van der Waals surface area contributed by atoms with Crippen LogP contribution in [0.1, 0.15) is 13.8 Å². The van der Waals surface area contributed by atoms with Crippen LogP contribution in [0.25, 0.3) is 0 Å². The molecule has 0 spiro atoms. The highest BCUT2D eigenvalue weighted by atomic mass is 16.1. The zero-order chi connectivity index (χ0) is 5.86. The molecule has 2 nitrogen and oxygen atoms in total. The predicted molar refractivity (Wildman–Crippen MR) is 28.5 cm³/mol. The van der Waals surface area contributed by atoms with Crippen molar-refractivity contribution in [2.24, 2.45) is 11.7 Å². The van der Waals surface area contributed by atoms with Crippen LogP contribution in [0.5, 0.6) is 0 Å². The molecule has 7 heavy (non-hydrogen) atoms. The van der Waals surface area contributed by atoms with Crippen LogP contribution in [0.2, 0.25) is 0 Å². The molecule has 1 unspecified atom stereocenters. The lowest BCUT2D eigenvalue weighted by Crippen LogP contribution is -2.27. The Bertz CT molecular complexity index is 61.1. The summed E-state index contributed by atoms with van der Waals surface area (Å²) in [6.07, 6.45) is 1.69. The molecule has 0 aromatic rings. The van der Waals surface area contributed by atoms with Crippen molar-refractivity contribution >= 4 is 6.29 Å². The van der Waals surface area contributed by atoms with Crippen molar-refractivity contribution in [3.8, 4) is 0 Å². The van der Waals surface area contributed by atoms with Crippen LogP contribution in [-0.4, -0.2) is 12.3 Å². The first-order chi connectivity index (χ1) is 3.18. The second-order valence-electron chi connectivity index (χ2n) is 1.89. The third-order valence-electron chi connectivity index (χ3n) is 0.854. The first kappa shape index (κ1) is 6.63. The van der Waals surface area contributed by atoms with Gasteiger partial charge in [0.1, 0.15) is 0 Å². The van der Waals surface area contributed by atoms with Gasteiger partial charge in [-0.15, -0.1) is 0 Å². The van der Waals surface area contributed by atoms with Gasteiger partial charge in [-0.3, -0.25) is 4.79 Å². The molecule has 0 aromatic carbocycles. The molecule has 0 saturated heterocycles. The van der Waals surface area contributed by atoms with Gasteiger partial charge in [-0.05, 0) is 5.92 Å². The van der Waals surface area contributed by atoms with Crippen molar-refractivity contribution in [3.05, 3.63) is 0 Å². The highest BCUT2D eigenvalue weighted by Crippen LogP contribution is 1.92. The summed E-state index contributed by atoms with van der Waals surface area (Å²) < 4.78 is 0. The fraction of sp³-hybridized carbons (Fsp3) is 0.800. The van der Waals surface area contributed by atoms with E-state index in [2.05, 4.69) is 0 Å². The monoisotopic (exact) mass is 100 g/mol. The van der Waals surface area contributed by atoms with Crippen molar-refractivity contribution in [2.45, 2.75) is 19.9 Å². The maximum atomic E-state index is 9.70. The normalized spacial score (nSPS) is 14.3. The van der Waals surface area contributed by atoms with Gasteiger partial charge in [0.25, 0.3) is 0 Å². The molecule has 0 amide bonds. The second kappa shape index (κ2) is 2.75. The molecule has 0 fully saturated rings. The Hall–Kier alpha value is -0.370. The van der Waals surface area contributed by atoms with Crippen LogP contribution >= 0.6 is 0 Å². The molecule has 0 aliphatic heterocycles.